The van der Waals surface area contributed by atoms with Gasteiger partial charge in [0, 0.05) is 11.1 Å². The third-order valence-electron chi connectivity index (χ3n) is 3.38. The Labute approximate surface area is 126 Å². The number of nitrogens with two attached hydrogens (primary N) is 1. The van der Waals surface area contributed by atoms with Crippen LogP contribution in [0.25, 0.3) is 28.3 Å². The van der Waals surface area contributed by atoms with E-state index in [1.807, 2.05) is 60.7 Å². The molecule has 4 rings (SSSR count). The molecular formula is C16H12N6. The van der Waals surface area contributed by atoms with Crippen molar-refractivity contribution in [1.82, 2.24) is 24.8 Å². The van der Waals surface area contributed by atoms with Crippen molar-refractivity contribution in [1.29, 1.82) is 0 Å². The molecule has 2 aromatic carbocycles. The van der Waals surface area contributed by atoms with Crippen LogP contribution in [-0.4, -0.2) is 24.8 Å². The molecule has 6 heteroatoms. The Balaban J connectivity index is 2.05. The second-order valence-corrected chi connectivity index (χ2v) is 4.81. The molecule has 0 saturated carbocycles. The Morgan fingerprint density at radius 2 is 1.32 bits per heavy atom. The van der Waals surface area contributed by atoms with Crippen molar-refractivity contribution >= 4 is 11.7 Å². The number of hydrogen-bond acceptors (Lipinski definition) is 5. The summed E-state index contributed by atoms with van der Waals surface area (Å²) in [5, 5.41) is 12.4. The fourth-order valence-electron chi connectivity index (χ4n) is 2.34. The van der Waals surface area contributed by atoms with Gasteiger partial charge in [-0.3, -0.25) is 0 Å². The van der Waals surface area contributed by atoms with Crippen LogP contribution in [0, 0.1) is 0 Å². The first-order chi connectivity index (χ1) is 10.8. The third kappa shape index (κ3) is 1.98. The number of rotatable bonds is 2. The zero-order chi connectivity index (χ0) is 14.9. The number of anilines is 1. The van der Waals surface area contributed by atoms with Crippen LogP contribution in [0.15, 0.2) is 60.7 Å². The number of nitrogens with zero attached hydrogens (tertiary/aromatic N) is 5. The largest absolute Gasteiger partial charge is 0.366 e. The smallest absolute Gasteiger partial charge is 0.274 e. The van der Waals surface area contributed by atoms with Crippen molar-refractivity contribution in [3.63, 3.8) is 0 Å². The van der Waals surface area contributed by atoms with E-state index < -0.39 is 0 Å². The van der Waals surface area contributed by atoms with Crippen LogP contribution in [-0.2, 0) is 0 Å². The summed E-state index contributed by atoms with van der Waals surface area (Å²) in [6, 6.07) is 19.8. The molecule has 0 fully saturated rings. The third-order valence-corrected chi connectivity index (χ3v) is 3.38. The topological polar surface area (TPSA) is 82.0 Å². The minimum atomic E-state index is 0.222. The second kappa shape index (κ2) is 4.92. The summed E-state index contributed by atoms with van der Waals surface area (Å²) < 4.78 is 1.45. The summed E-state index contributed by atoms with van der Waals surface area (Å²) in [6.45, 7) is 0. The molecule has 0 spiro atoms. The molecule has 0 bridgehead atoms. The quantitative estimate of drug-likeness (QED) is 0.612. The monoisotopic (exact) mass is 288 g/mol. The van der Waals surface area contributed by atoms with Gasteiger partial charge >= 0.3 is 0 Å². The van der Waals surface area contributed by atoms with Crippen LogP contribution in [0.5, 0.6) is 0 Å². The lowest BCUT2D eigenvalue weighted by Gasteiger charge is -2.08. The zero-order valence-corrected chi connectivity index (χ0v) is 11.6. The first-order valence-electron chi connectivity index (χ1n) is 6.83. The molecule has 6 nitrogen and oxygen atoms in total. The summed E-state index contributed by atoms with van der Waals surface area (Å²) in [5.41, 5.74) is 9.23. The molecule has 106 valence electrons. The molecule has 0 aliphatic rings. The van der Waals surface area contributed by atoms with E-state index in [0.717, 1.165) is 22.5 Å². The van der Waals surface area contributed by atoms with Crippen molar-refractivity contribution in [2.75, 3.05) is 5.73 Å². The lowest BCUT2D eigenvalue weighted by molar-refractivity contribution is 0.919. The number of hydrogen-bond donors (Lipinski definition) is 1. The molecule has 2 aromatic heterocycles. The lowest BCUT2D eigenvalue weighted by Crippen LogP contribution is -2.04. The summed E-state index contributed by atoms with van der Waals surface area (Å²) in [6.07, 6.45) is 0. The SMILES string of the molecule is Nc1nnc2nc(-c3ccccc3)c(-c3ccccc3)nn12. The molecule has 2 N–H and O–H groups in total. The van der Waals surface area contributed by atoms with E-state index in [1.165, 1.54) is 4.52 Å². The molecule has 0 atom stereocenters. The van der Waals surface area contributed by atoms with Gasteiger partial charge in [0.05, 0.1) is 0 Å². The molecule has 0 radical (unpaired) electrons. The fraction of sp³-hybridized carbons (Fsp3) is 0. The van der Waals surface area contributed by atoms with E-state index in [2.05, 4.69) is 20.3 Å². The average molecular weight is 288 g/mol. The maximum Gasteiger partial charge on any atom is 0.274 e. The zero-order valence-electron chi connectivity index (χ0n) is 11.6. The van der Waals surface area contributed by atoms with Gasteiger partial charge in [0.1, 0.15) is 11.4 Å². The van der Waals surface area contributed by atoms with Gasteiger partial charge in [0.2, 0.25) is 5.95 Å². The van der Waals surface area contributed by atoms with Crippen LogP contribution < -0.4 is 5.73 Å². The van der Waals surface area contributed by atoms with Gasteiger partial charge in [-0.2, -0.15) is 9.61 Å². The number of fused-ring (bicyclic) bond motifs is 1. The first kappa shape index (κ1) is 12.5. The van der Waals surface area contributed by atoms with Gasteiger partial charge in [-0.1, -0.05) is 60.7 Å². The predicted octanol–water partition coefficient (Wildman–Crippen LogP) is 2.44. The standard InChI is InChI=1S/C16H12N6/c17-15-19-20-16-18-13(11-7-3-1-4-8-11)14(21-22(15)16)12-9-5-2-6-10-12/h1-10H,(H2,17,19). The molecule has 22 heavy (non-hydrogen) atoms. The fourth-order valence-corrected chi connectivity index (χ4v) is 2.34. The molecule has 0 aliphatic carbocycles. The molecule has 0 aliphatic heterocycles. The van der Waals surface area contributed by atoms with Gasteiger partial charge < -0.3 is 5.73 Å². The van der Waals surface area contributed by atoms with Crippen LogP contribution in [0.4, 0.5) is 5.95 Å². The van der Waals surface area contributed by atoms with Gasteiger partial charge in [-0.15, -0.1) is 10.2 Å². The van der Waals surface area contributed by atoms with E-state index >= 15 is 0 Å². The maximum absolute atomic E-state index is 5.80. The second-order valence-electron chi connectivity index (χ2n) is 4.81. The molecular weight excluding hydrogens is 276 g/mol. The highest BCUT2D eigenvalue weighted by atomic mass is 15.4. The van der Waals surface area contributed by atoms with E-state index in [1.54, 1.807) is 0 Å². The van der Waals surface area contributed by atoms with Crippen molar-refractivity contribution < 1.29 is 0 Å². The van der Waals surface area contributed by atoms with Crippen LogP contribution >= 0.6 is 0 Å². The highest BCUT2D eigenvalue weighted by Crippen LogP contribution is 2.28. The maximum atomic E-state index is 5.80. The predicted molar refractivity (Wildman–Crippen MR) is 83.9 cm³/mol. The average Bonchev–Trinajstić information content (AvgIpc) is 2.96. The number of nitrogen functional groups attached to an aromatic ring is 1. The molecule has 2 heterocycles. The van der Waals surface area contributed by atoms with E-state index in [0.29, 0.717) is 5.78 Å². The highest BCUT2D eigenvalue weighted by molar-refractivity contribution is 5.78. The number of benzene rings is 2. The minimum Gasteiger partial charge on any atom is -0.366 e. The van der Waals surface area contributed by atoms with Crippen molar-refractivity contribution in [2.24, 2.45) is 0 Å². The van der Waals surface area contributed by atoms with Gasteiger partial charge in [0.25, 0.3) is 5.78 Å². The molecule has 0 amide bonds. The molecule has 0 saturated heterocycles. The molecule has 0 unspecified atom stereocenters. The Morgan fingerprint density at radius 1 is 0.727 bits per heavy atom. The van der Waals surface area contributed by atoms with E-state index in [4.69, 9.17) is 5.73 Å². The van der Waals surface area contributed by atoms with E-state index in [9.17, 15) is 0 Å². The van der Waals surface area contributed by atoms with Crippen molar-refractivity contribution in [3.05, 3.63) is 60.7 Å². The minimum absolute atomic E-state index is 0.222. The molecule has 4 aromatic rings. The lowest BCUT2D eigenvalue weighted by atomic mass is 10.0. The summed E-state index contributed by atoms with van der Waals surface area (Å²) in [5.74, 6) is 0.607. The van der Waals surface area contributed by atoms with Gasteiger partial charge in [-0.05, 0) is 0 Å². The summed E-state index contributed by atoms with van der Waals surface area (Å²) in [7, 11) is 0. The van der Waals surface area contributed by atoms with Gasteiger partial charge in [0.15, 0.2) is 0 Å². The van der Waals surface area contributed by atoms with Crippen LogP contribution in [0.2, 0.25) is 0 Å². The van der Waals surface area contributed by atoms with E-state index in [-0.39, 0.29) is 5.95 Å². The van der Waals surface area contributed by atoms with Crippen LogP contribution in [0.1, 0.15) is 0 Å². The van der Waals surface area contributed by atoms with Crippen LogP contribution in [0.3, 0.4) is 0 Å². The van der Waals surface area contributed by atoms with Crippen molar-refractivity contribution in [3.8, 4) is 22.5 Å². The normalized spacial score (nSPS) is 10.9. The van der Waals surface area contributed by atoms with Crippen molar-refractivity contribution in [2.45, 2.75) is 0 Å². The number of aromatic nitrogens is 5. The Hall–Kier alpha value is -3.28. The highest BCUT2D eigenvalue weighted by Gasteiger charge is 2.15. The summed E-state index contributed by atoms with van der Waals surface area (Å²) in [4.78, 5) is 4.59. The van der Waals surface area contributed by atoms with Gasteiger partial charge in [-0.25, -0.2) is 4.98 Å². The Kier molecular flexibility index (Phi) is 2.79. The Bertz CT molecular complexity index is 931. The first-order valence-corrected chi connectivity index (χ1v) is 6.83. The Morgan fingerprint density at radius 3 is 1.95 bits per heavy atom. The summed E-state index contributed by atoms with van der Waals surface area (Å²) >= 11 is 0.